The van der Waals surface area contributed by atoms with E-state index in [-0.39, 0.29) is 54.4 Å². The van der Waals surface area contributed by atoms with Gasteiger partial charge in [-0.1, -0.05) is 55.4 Å². The molecule has 0 bridgehead atoms. The second-order valence-corrected chi connectivity index (χ2v) is 21.2. The molecule has 59 heavy (non-hydrogen) atoms. The van der Waals surface area contributed by atoms with Crippen LogP contribution in [0.3, 0.4) is 0 Å². The average Bonchev–Trinajstić information content (AvgIpc) is 3.95. The Balaban J connectivity index is 0.000000314. The highest BCUT2D eigenvalue weighted by Crippen LogP contribution is 2.31. The summed E-state index contributed by atoms with van der Waals surface area (Å²) in [6.07, 6.45) is 14.2. The second-order valence-electron chi connectivity index (χ2n) is 21.2. The zero-order valence-electron chi connectivity index (χ0n) is 39.1. The minimum atomic E-state index is -0.999. The topological polar surface area (TPSA) is 152 Å². The molecule has 2 amide bonds. The van der Waals surface area contributed by atoms with Gasteiger partial charge in [-0.25, -0.2) is 9.59 Å². The number of carboxylic acid groups (broad SMARTS) is 1. The summed E-state index contributed by atoms with van der Waals surface area (Å²) in [4.78, 5) is 60.8. The molecule has 0 spiro atoms. The molecule has 5 fully saturated rings. The Morgan fingerprint density at radius 2 is 1.19 bits per heavy atom. The summed E-state index contributed by atoms with van der Waals surface area (Å²) >= 11 is 0. The molecule has 0 aromatic rings. The number of amides is 2. The van der Waals surface area contributed by atoms with Crippen molar-refractivity contribution < 1.29 is 43.3 Å². The molecule has 2 unspecified atom stereocenters. The Bertz CT molecular complexity index is 1270. The Hall–Kier alpha value is -2.89. The van der Waals surface area contributed by atoms with Gasteiger partial charge in [-0.15, -0.1) is 0 Å². The lowest BCUT2D eigenvalue weighted by Crippen LogP contribution is -2.35. The summed E-state index contributed by atoms with van der Waals surface area (Å²) in [5, 5.41) is 11.7. The standard InChI is InChI=1S/C21H37NO4.C16H29NO2.C5H7NO3.C5H12/c1-15(2)12-17(19(23)25-18-8-6-7-9-18)13-16-10-11-22(14-16)20(24)26-21(3,4)5;1-12(2)9-14(10-13-7-8-17-11-13)16(18)19-15-5-3-4-6-15;7-4-1-2-6(3-4)5(8)9;1-5(2,3)4/h15-18H,6-14H2,1-5H3;12-15,17H,3-11H2,1-2H3;1-3H2,(H,8,9);1-4H3/t16?,17-;13?,14-;;/m11../s1. The fourth-order valence-corrected chi connectivity index (χ4v) is 8.28. The van der Waals surface area contributed by atoms with Gasteiger partial charge in [0.1, 0.15) is 17.8 Å². The Kier molecular flexibility index (Phi) is 22.8. The Morgan fingerprint density at radius 1 is 0.712 bits per heavy atom. The maximum atomic E-state index is 12.7. The molecule has 5 aliphatic rings. The number of esters is 2. The highest BCUT2D eigenvalue weighted by atomic mass is 16.6. The first kappa shape index (κ1) is 52.2. The molecular formula is C47H85N3O9. The van der Waals surface area contributed by atoms with E-state index >= 15 is 0 Å². The SMILES string of the molecule is CC(C)(C)C.CC(C)C[C@H](CC1CCN(C(=O)OC(C)(C)C)C1)C(=O)OC1CCCC1.CC(C)C[C@H](CC1CCNC1)C(=O)OC1CCCC1.O=C1CCN(C(=O)O)C1. The van der Waals surface area contributed by atoms with Crippen molar-refractivity contribution in [2.24, 2.45) is 40.9 Å². The molecule has 2 saturated carbocycles. The van der Waals surface area contributed by atoms with Gasteiger partial charge in [0.05, 0.1) is 18.4 Å². The van der Waals surface area contributed by atoms with E-state index in [1.807, 2.05) is 20.8 Å². The van der Waals surface area contributed by atoms with Crippen molar-refractivity contribution in [2.45, 2.75) is 190 Å². The predicted molar refractivity (Wildman–Crippen MR) is 233 cm³/mol. The van der Waals surface area contributed by atoms with E-state index in [2.05, 4.69) is 60.7 Å². The van der Waals surface area contributed by atoms with E-state index in [4.69, 9.17) is 19.3 Å². The number of rotatable bonds is 12. The van der Waals surface area contributed by atoms with Crippen LogP contribution in [0.5, 0.6) is 0 Å². The minimum absolute atomic E-state index is 0.0115. The summed E-state index contributed by atoms with van der Waals surface area (Å²) in [7, 11) is 0. The fourth-order valence-electron chi connectivity index (χ4n) is 8.28. The highest BCUT2D eigenvalue weighted by molar-refractivity contribution is 5.86. The summed E-state index contributed by atoms with van der Waals surface area (Å²) < 4.78 is 17.0. The van der Waals surface area contributed by atoms with E-state index in [1.165, 1.54) is 32.1 Å². The molecule has 3 saturated heterocycles. The number of likely N-dealkylation sites (tertiary alicyclic amines) is 2. The molecular weight excluding hydrogens is 751 g/mol. The molecule has 0 aromatic carbocycles. The number of hydrogen-bond donors (Lipinski definition) is 2. The van der Waals surface area contributed by atoms with Crippen LogP contribution in [0.25, 0.3) is 0 Å². The maximum absolute atomic E-state index is 12.7. The van der Waals surface area contributed by atoms with Gasteiger partial charge in [-0.3, -0.25) is 14.4 Å². The van der Waals surface area contributed by atoms with E-state index in [9.17, 15) is 24.0 Å². The third kappa shape index (κ3) is 23.6. The largest absolute Gasteiger partial charge is 0.465 e. The number of Topliss-reactive ketones (excluding diaryl/α,β-unsaturated/α-hetero) is 1. The highest BCUT2D eigenvalue weighted by Gasteiger charge is 2.35. The average molecular weight is 836 g/mol. The van der Waals surface area contributed by atoms with Gasteiger partial charge in [-0.05, 0) is 153 Å². The van der Waals surface area contributed by atoms with Crippen LogP contribution in [0.1, 0.15) is 172 Å². The van der Waals surface area contributed by atoms with Crippen LogP contribution in [0.4, 0.5) is 9.59 Å². The van der Waals surface area contributed by atoms with Gasteiger partial charge in [0.2, 0.25) is 0 Å². The van der Waals surface area contributed by atoms with Crippen molar-refractivity contribution in [1.29, 1.82) is 0 Å². The van der Waals surface area contributed by atoms with Crippen LogP contribution in [0, 0.1) is 40.9 Å². The van der Waals surface area contributed by atoms with Gasteiger partial charge >= 0.3 is 24.1 Å². The quantitative estimate of drug-likeness (QED) is 0.144. The molecule has 2 N–H and O–H groups in total. The molecule has 4 atom stereocenters. The van der Waals surface area contributed by atoms with Crippen molar-refractivity contribution in [3.63, 3.8) is 0 Å². The fraction of sp³-hybridized carbons (Fsp3) is 0.894. The van der Waals surface area contributed by atoms with E-state index in [0.717, 1.165) is 75.8 Å². The Labute approximate surface area is 358 Å². The van der Waals surface area contributed by atoms with Crippen LogP contribution in [-0.4, -0.2) is 102 Å². The van der Waals surface area contributed by atoms with Gasteiger partial charge in [0.25, 0.3) is 0 Å². The monoisotopic (exact) mass is 836 g/mol. The molecule has 3 heterocycles. The van der Waals surface area contributed by atoms with Crippen molar-refractivity contribution >= 4 is 29.9 Å². The lowest BCUT2D eigenvalue weighted by molar-refractivity contribution is -0.156. The van der Waals surface area contributed by atoms with Gasteiger partial charge in [0.15, 0.2) is 5.78 Å². The molecule has 5 rings (SSSR count). The van der Waals surface area contributed by atoms with Crippen LogP contribution in [0.15, 0.2) is 0 Å². The number of nitrogens with one attached hydrogen (secondary N) is 1. The molecule has 0 radical (unpaired) electrons. The second kappa shape index (κ2) is 25.8. The Morgan fingerprint density at radius 3 is 1.54 bits per heavy atom. The first-order valence-corrected chi connectivity index (χ1v) is 23.1. The molecule has 342 valence electrons. The summed E-state index contributed by atoms with van der Waals surface area (Å²) in [5.41, 5.74) is 0.0282. The van der Waals surface area contributed by atoms with E-state index in [0.29, 0.717) is 55.1 Å². The van der Waals surface area contributed by atoms with Crippen molar-refractivity contribution in [2.75, 3.05) is 39.3 Å². The van der Waals surface area contributed by atoms with Crippen LogP contribution >= 0.6 is 0 Å². The lowest BCUT2D eigenvalue weighted by Gasteiger charge is -2.25. The van der Waals surface area contributed by atoms with Crippen molar-refractivity contribution in [3.8, 4) is 0 Å². The number of carbonyl (C=O) groups excluding carboxylic acids is 4. The molecule has 12 heteroatoms. The smallest absolute Gasteiger partial charge is 0.410 e. The molecule has 3 aliphatic heterocycles. The first-order valence-electron chi connectivity index (χ1n) is 23.1. The van der Waals surface area contributed by atoms with Gasteiger partial charge in [-0.2, -0.15) is 0 Å². The zero-order valence-corrected chi connectivity index (χ0v) is 39.1. The molecule has 12 nitrogen and oxygen atoms in total. The molecule has 2 aliphatic carbocycles. The number of carbonyl (C=O) groups is 5. The van der Waals surface area contributed by atoms with Crippen molar-refractivity contribution in [1.82, 2.24) is 15.1 Å². The minimum Gasteiger partial charge on any atom is -0.465 e. The molecule has 0 aromatic heterocycles. The first-order chi connectivity index (χ1) is 27.5. The maximum Gasteiger partial charge on any atom is 0.410 e. The normalized spacial score (nSPS) is 22.2. The number of ketones is 1. The summed E-state index contributed by atoms with van der Waals surface area (Å²) in [6.45, 7) is 27.1. The third-order valence-electron chi connectivity index (χ3n) is 11.0. The lowest BCUT2D eigenvalue weighted by atomic mass is 9.87. The number of nitrogens with zero attached hydrogens (tertiary/aromatic N) is 2. The zero-order chi connectivity index (χ0) is 44.3. The number of ether oxygens (including phenoxy) is 3. The van der Waals surface area contributed by atoms with Gasteiger partial charge < -0.3 is 34.4 Å². The van der Waals surface area contributed by atoms with Crippen LogP contribution in [0.2, 0.25) is 0 Å². The summed E-state index contributed by atoms with van der Waals surface area (Å²) in [6, 6.07) is 0. The van der Waals surface area contributed by atoms with Gasteiger partial charge in [0, 0.05) is 26.1 Å². The van der Waals surface area contributed by atoms with Crippen LogP contribution in [-0.2, 0) is 28.6 Å². The third-order valence-corrected chi connectivity index (χ3v) is 11.0. The van der Waals surface area contributed by atoms with E-state index in [1.54, 1.807) is 4.90 Å². The summed E-state index contributed by atoms with van der Waals surface area (Å²) in [5.74, 6) is 2.16. The van der Waals surface area contributed by atoms with E-state index < -0.39 is 11.7 Å². The van der Waals surface area contributed by atoms with Crippen LogP contribution < -0.4 is 5.32 Å². The predicted octanol–water partition coefficient (Wildman–Crippen LogP) is 9.91. The number of hydrogen-bond acceptors (Lipinski definition) is 9. The van der Waals surface area contributed by atoms with Crippen molar-refractivity contribution in [3.05, 3.63) is 0 Å².